The minimum atomic E-state index is -0.369. The van der Waals surface area contributed by atoms with E-state index >= 15 is 0 Å². The summed E-state index contributed by atoms with van der Waals surface area (Å²) >= 11 is 1.44. The van der Waals surface area contributed by atoms with Gasteiger partial charge in [0, 0.05) is 16.5 Å². The summed E-state index contributed by atoms with van der Waals surface area (Å²) in [6.07, 6.45) is 1.42. The molecule has 2 heterocycles. The van der Waals surface area contributed by atoms with Crippen LogP contribution < -0.4 is 15.9 Å². The van der Waals surface area contributed by atoms with E-state index in [1.807, 2.05) is 55.5 Å². The summed E-state index contributed by atoms with van der Waals surface area (Å²) in [6, 6.07) is 15.8. The van der Waals surface area contributed by atoms with E-state index in [4.69, 9.17) is 10.1 Å². The second kappa shape index (κ2) is 6.80. The number of fused-ring (bicyclic) bond motifs is 2. The Morgan fingerprint density at radius 2 is 2.00 bits per heavy atom. The first-order chi connectivity index (χ1) is 12.7. The predicted molar refractivity (Wildman–Crippen MR) is 105 cm³/mol. The van der Waals surface area contributed by atoms with Crippen LogP contribution in [0.5, 0.6) is 0 Å². The molecule has 4 rings (SSSR count). The molecule has 0 saturated heterocycles. The van der Waals surface area contributed by atoms with Gasteiger partial charge in [-0.2, -0.15) is 0 Å². The van der Waals surface area contributed by atoms with Gasteiger partial charge < -0.3 is 0 Å². The van der Waals surface area contributed by atoms with Crippen LogP contribution in [0.4, 0.5) is 0 Å². The lowest BCUT2D eigenvalue weighted by atomic mass is 10.0. The number of amidine groups is 1. The normalized spacial score (nSPS) is 18.3. The third kappa shape index (κ3) is 2.82. The predicted octanol–water partition coefficient (Wildman–Crippen LogP) is 2.06. The number of carbonyl (C=O) groups is 1. The van der Waals surface area contributed by atoms with E-state index in [0.717, 1.165) is 21.7 Å². The molecule has 2 aromatic rings. The standard InChI is InChI=1S/C20H18N4OS/c1-3-12-26-20-22-19(25)17-15-10-6-7-11-16(15)21-18(24(17)23-20)14-9-5-4-8-13(14)2/h3-11,18H,1,12H2,2H3,(H,22,23,25). The van der Waals surface area contributed by atoms with Crippen LogP contribution in [0.3, 0.4) is 0 Å². The molecule has 1 atom stereocenters. The van der Waals surface area contributed by atoms with Crippen LogP contribution in [0.25, 0.3) is 5.70 Å². The maximum atomic E-state index is 12.9. The monoisotopic (exact) mass is 362 g/mol. The van der Waals surface area contributed by atoms with Gasteiger partial charge in [0.05, 0.1) is 5.36 Å². The van der Waals surface area contributed by atoms with Crippen LogP contribution in [0.2, 0.25) is 0 Å². The van der Waals surface area contributed by atoms with Crippen molar-refractivity contribution in [1.82, 2.24) is 10.3 Å². The van der Waals surface area contributed by atoms with Crippen LogP contribution in [-0.2, 0) is 4.79 Å². The molecular weight excluding hydrogens is 344 g/mol. The fourth-order valence-corrected chi connectivity index (χ4v) is 3.70. The van der Waals surface area contributed by atoms with Gasteiger partial charge in [0.25, 0.3) is 5.91 Å². The summed E-state index contributed by atoms with van der Waals surface area (Å²) in [7, 11) is 0. The largest absolute Gasteiger partial charge is 0.298 e. The minimum absolute atomic E-state index is 0.160. The van der Waals surface area contributed by atoms with Gasteiger partial charge in [-0.05, 0) is 18.6 Å². The molecule has 0 spiro atoms. The van der Waals surface area contributed by atoms with Crippen LogP contribution in [0, 0.1) is 6.92 Å². The lowest BCUT2D eigenvalue weighted by Gasteiger charge is -2.34. The number of nitrogens with one attached hydrogen (secondary N) is 1. The molecule has 1 unspecified atom stereocenters. The number of hydrazone groups is 1. The van der Waals surface area contributed by atoms with Crippen molar-refractivity contribution >= 4 is 28.5 Å². The Morgan fingerprint density at radius 1 is 1.23 bits per heavy atom. The number of benzene rings is 2. The lowest BCUT2D eigenvalue weighted by Crippen LogP contribution is -2.50. The van der Waals surface area contributed by atoms with Crippen molar-refractivity contribution in [2.24, 2.45) is 10.1 Å². The number of para-hydroxylation sites is 1. The lowest BCUT2D eigenvalue weighted by molar-refractivity contribution is -0.116. The van der Waals surface area contributed by atoms with Crippen molar-refractivity contribution in [3.63, 3.8) is 0 Å². The molecule has 6 heteroatoms. The van der Waals surface area contributed by atoms with Gasteiger partial charge >= 0.3 is 0 Å². The number of rotatable bonds is 3. The fraction of sp³-hybridized carbons (Fsp3) is 0.150. The smallest absolute Gasteiger partial charge is 0.276 e. The third-order valence-electron chi connectivity index (χ3n) is 4.32. The summed E-state index contributed by atoms with van der Waals surface area (Å²) in [5.74, 6) is 0.512. The second-order valence-electron chi connectivity index (χ2n) is 6.03. The Labute approximate surface area is 155 Å². The molecule has 0 bridgehead atoms. The van der Waals surface area contributed by atoms with Gasteiger partial charge in [0.1, 0.15) is 5.70 Å². The van der Waals surface area contributed by atoms with Gasteiger partial charge in [-0.1, -0.05) is 60.3 Å². The van der Waals surface area contributed by atoms with E-state index < -0.39 is 0 Å². The van der Waals surface area contributed by atoms with Crippen LogP contribution in [-0.4, -0.2) is 21.8 Å². The summed E-state index contributed by atoms with van der Waals surface area (Å²) in [4.78, 5) is 17.8. The molecular formula is C20H18N4OS. The number of hydrogen-bond acceptors (Lipinski definition) is 5. The summed E-state index contributed by atoms with van der Waals surface area (Å²) in [5, 5.41) is 11.5. The SMILES string of the molecule is C=CCSC1=NN2C(=c3ccccc3=NC2c2ccccc2C)C(=O)N1. The Hall–Kier alpha value is -2.86. The molecule has 2 aliphatic heterocycles. The summed E-state index contributed by atoms with van der Waals surface area (Å²) in [5.41, 5.74) is 2.68. The highest BCUT2D eigenvalue weighted by molar-refractivity contribution is 8.14. The number of thioether (sulfide) groups is 1. The highest BCUT2D eigenvalue weighted by atomic mass is 32.2. The molecule has 1 amide bonds. The van der Waals surface area contributed by atoms with Crippen molar-refractivity contribution in [3.05, 3.63) is 82.9 Å². The number of carbonyl (C=O) groups excluding carboxylic acids is 1. The number of hydrogen-bond donors (Lipinski definition) is 1. The molecule has 2 aromatic carbocycles. The maximum absolute atomic E-state index is 12.9. The zero-order valence-electron chi connectivity index (χ0n) is 14.3. The molecule has 1 N–H and O–H groups in total. The maximum Gasteiger partial charge on any atom is 0.276 e. The van der Waals surface area contributed by atoms with Crippen LogP contribution in [0.1, 0.15) is 17.3 Å². The van der Waals surface area contributed by atoms with E-state index in [1.165, 1.54) is 11.8 Å². The van der Waals surface area contributed by atoms with Gasteiger partial charge in [0.2, 0.25) is 0 Å². The van der Waals surface area contributed by atoms with E-state index in [0.29, 0.717) is 16.6 Å². The van der Waals surface area contributed by atoms with Crippen molar-refractivity contribution in [2.75, 3.05) is 5.75 Å². The zero-order valence-corrected chi connectivity index (χ0v) is 15.2. The van der Waals surface area contributed by atoms with Crippen LogP contribution >= 0.6 is 11.8 Å². The van der Waals surface area contributed by atoms with Gasteiger partial charge in [0.15, 0.2) is 11.3 Å². The zero-order chi connectivity index (χ0) is 18.1. The molecule has 26 heavy (non-hydrogen) atoms. The molecule has 0 radical (unpaired) electrons. The van der Waals surface area contributed by atoms with Crippen molar-refractivity contribution in [1.29, 1.82) is 0 Å². The summed E-state index contributed by atoms with van der Waals surface area (Å²) < 4.78 is 0. The van der Waals surface area contributed by atoms with Crippen LogP contribution in [0.15, 0.2) is 71.3 Å². The van der Waals surface area contributed by atoms with Gasteiger partial charge in [-0.15, -0.1) is 11.7 Å². The van der Waals surface area contributed by atoms with Crippen molar-refractivity contribution in [2.45, 2.75) is 13.1 Å². The van der Waals surface area contributed by atoms with Gasteiger partial charge in [-0.3, -0.25) is 15.1 Å². The van der Waals surface area contributed by atoms with E-state index in [1.54, 1.807) is 11.1 Å². The number of amides is 1. The third-order valence-corrected chi connectivity index (χ3v) is 5.18. The second-order valence-corrected chi connectivity index (χ2v) is 7.04. The first-order valence-corrected chi connectivity index (χ1v) is 9.33. The number of aryl methyl sites for hydroxylation is 1. The van der Waals surface area contributed by atoms with E-state index in [9.17, 15) is 4.79 Å². The van der Waals surface area contributed by atoms with Gasteiger partial charge in [-0.25, -0.2) is 5.01 Å². The fourth-order valence-electron chi connectivity index (χ4n) is 3.11. The van der Waals surface area contributed by atoms with E-state index in [2.05, 4.69) is 11.9 Å². The molecule has 2 aliphatic rings. The van der Waals surface area contributed by atoms with E-state index in [-0.39, 0.29) is 12.1 Å². The highest BCUT2D eigenvalue weighted by Gasteiger charge is 2.34. The number of nitrogens with zero attached hydrogens (tertiary/aromatic N) is 3. The highest BCUT2D eigenvalue weighted by Crippen LogP contribution is 2.32. The molecule has 5 nitrogen and oxygen atoms in total. The Balaban J connectivity index is 1.93. The first kappa shape index (κ1) is 16.6. The summed E-state index contributed by atoms with van der Waals surface area (Å²) in [6.45, 7) is 5.77. The Morgan fingerprint density at radius 3 is 2.81 bits per heavy atom. The minimum Gasteiger partial charge on any atom is -0.298 e. The Kier molecular flexibility index (Phi) is 4.34. The molecule has 130 valence electrons. The first-order valence-electron chi connectivity index (χ1n) is 8.34. The molecule has 0 aromatic heterocycles. The average Bonchev–Trinajstić information content (AvgIpc) is 2.66. The molecule has 0 saturated carbocycles. The Bertz CT molecular complexity index is 1040. The quantitative estimate of drug-likeness (QED) is 0.851. The average molecular weight is 362 g/mol. The van der Waals surface area contributed by atoms with Crippen molar-refractivity contribution in [3.8, 4) is 0 Å². The topological polar surface area (TPSA) is 57.1 Å². The molecule has 0 aliphatic carbocycles. The van der Waals surface area contributed by atoms with Crippen molar-refractivity contribution < 1.29 is 4.79 Å². The molecule has 0 fully saturated rings.